The van der Waals surface area contributed by atoms with E-state index in [4.69, 9.17) is 10.9 Å². The lowest BCUT2D eigenvalue weighted by Gasteiger charge is -2.14. The van der Waals surface area contributed by atoms with Gasteiger partial charge in [-0.05, 0) is 43.1 Å². The van der Waals surface area contributed by atoms with E-state index >= 15 is 0 Å². The molecule has 0 saturated heterocycles. The highest BCUT2D eigenvalue weighted by molar-refractivity contribution is 5.80. The van der Waals surface area contributed by atoms with Crippen LogP contribution in [0, 0.1) is 17.3 Å². The minimum absolute atomic E-state index is 0.300. The molecule has 2 unspecified atom stereocenters. The summed E-state index contributed by atoms with van der Waals surface area (Å²) in [6.45, 7) is 4.46. The molecule has 0 aliphatic heterocycles. The van der Waals surface area contributed by atoms with E-state index in [-0.39, 0.29) is 0 Å². The van der Waals surface area contributed by atoms with E-state index in [1.165, 1.54) is 19.3 Å². The van der Waals surface area contributed by atoms with Crippen LogP contribution in [-0.2, 0) is 0 Å². The molecule has 15 heavy (non-hydrogen) atoms. The molecule has 0 amide bonds. The first kappa shape index (κ1) is 10.7. The summed E-state index contributed by atoms with van der Waals surface area (Å²) in [5.74, 6) is 2.18. The fourth-order valence-electron chi connectivity index (χ4n) is 2.22. The topological polar surface area (TPSA) is 70.6 Å². The first-order valence-electron chi connectivity index (χ1n) is 5.82. The van der Waals surface area contributed by atoms with Crippen molar-refractivity contribution >= 4 is 5.84 Å². The maximum atomic E-state index is 8.53. The van der Waals surface area contributed by atoms with Gasteiger partial charge in [-0.2, -0.15) is 0 Å². The Bertz CT molecular complexity index is 261. The van der Waals surface area contributed by atoms with Gasteiger partial charge in [0.05, 0.1) is 0 Å². The number of nitrogens with one attached hydrogen (secondary N) is 1. The van der Waals surface area contributed by atoms with Crippen LogP contribution in [-0.4, -0.2) is 24.1 Å². The predicted octanol–water partition coefficient (Wildman–Crippen LogP) is 1.15. The van der Waals surface area contributed by atoms with E-state index in [9.17, 15) is 0 Å². The third-order valence-electron chi connectivity index (χ3n) is 3.82. The van der Waals surface area contributed by atoms with Crippen LogP contribution in [0.4, 0.5) is 0 Å². The van der Waals surface area contributed by atoms with E-state index in [1.54, 1.807) is 0 Å². The normalized spacial score (nSPS) is 32.7. The van der Waals surface area contributed by atoms with Crippen LogP contribution >= 0.6 is 0 Å². The summed E-state index contributed by atoms with van der Waals surface area (Å²) in [4.78, 5) is 0. The van der Waals surface area contributed by atoms with Crippen LogP contribution in [0.1, 0.15) is 32.6 Å². The van der Waals surface area contributed by atoms with E-state index < -0.39 is 0 Å². The summed E-state index contributed by atoms with van der Waals surface area (Å²) in [5, 5.41) is 15.1. The fourth-order valence-corrected chi connectivity index (χ4v) is 2.22. The summed E-state index contributed by atoms with van der Waals surface area (Å²) < 4.78 is 0. The second kappa shape index (κ2) is 4.00. The molecule has 0 aromatic carbocycles. The molecule has 2 aliphatic carbocycles. The molecule has 0 aromatic rings. The van der Waals surface area contributed by atoms with Gasteiger partial charge in [0, 0.05) is 13.0 Å². The van der Waals surface area contributed by atoms with E-state index in [2.05, 4.69) is 17.4 Å². The summed E-state index contributed by atoms with van der Waals surface area (Å²) in [5.41, 5.74) is 5.84. The lowest BCUT2D eigenvalue weighted by molar-refractivity contribution is 0.314. The first-order chi connectivity index (χ1) is 7.15. The van der Waals surface area contributed by atoms with Crippen molar-refractivity contribution in [1.82, 2.24) is 5.32 Å². The molecule has 0 radical (unpaired) electrons. The highest BCUT2D eigenvalue weighted by atomic mass is 16.4. The van der Waals surface area contributed by atoms with Gasteiger partial charge in [0.1, 0.15) is 5.84 Å². The lowest BCUT2D eigenvalue weighted by atomic mass is 10.0. The SMILES string of the molecule is CC1CC1CNCC1(CC(N)=NO)CC1. The summed E-state index contributed by atoms with van der Waals surface area (Å²) >= 11 is 0. The second-order valence-corrected chi connectivity index (χ2v) is 5.37. The zero-order valence-electron chi connectivity index (χ0n) is 9.37. The highest BCUT2D eigenvalue weighted by Crippen LogP contribution is 2.48. The number of rotatable bonds is 6. The van der Waals surface area contributed by atoms with Crippen molar-refractivity contribution in [2.45, 2.75) is 32.6 Å². The summed E-state index contributed by atoms with van der Waals surface area (Å²) in [6, 6.07) is 0. The summed E-state index contributed by atoms with van der Waals surface area (Å²) in [6.07, 6.45) is 4.52. The van der Waals surface area contributed by atoms with E-state index in [0.717, 1.165) is 31.3 Å². The molecule has 2 atom stereocenters. The average molecular weight is 211 g/mol. The van der Waals surface area contributed by atoms with Crippen LogP contribution in [0.2, 0.25) is 0 Å². The Balaban J connectivity index is 1.65. The molecule has 2 fully saturated rings. The van der Waals surface area contributed by atoms with Crippen molar-refractivity contribution in [1.29, 1.82) is 0 Å². The zero-order chi connectivity index (χ0) is 10.9. The minimum atomic E-state index is 0.300. The Labute approximate surface area is 90.9 Å². The van der Waals surface area contributed by atoms with Gasteiger partial charge in [-0.25, -0.2) is 0 Å². The fraction of sp³-hybridized carbons (Fsp3) is 0.909. The van der Waals surface area contributed by atoms with Crippen LogP contribution in [0.15, 0.2) is 5.16 Å². The Kier molecular flexibility index (Phi) is 2.87. The van der Waals surface area contributed by atoms with Crippen molar-refractivity contribution in [2.75, 3.05) is 13.1 Å². The Morgan fingerprint density at radius 3 is 2.73 bits per heavy atom. The Morgan fingerprint density at radius 1 is 1.60 bits per heavy atom. The minimum Gasteiger partial charge on any atom is -0.409 e. The second-order valence-electron chi connectivity index (χ2n) is 5.37. The smallest absolute Gasteiger partial charge is 0.139 e. The largest absolute Gasteiger partial charge is 0.409 e. The maximum absolute atomic E-state index is 8.53. The van der Waals surface area contributed by atoms with Gasteiger partial charge in [0.25, 0.3) is 0 Å². The van der Waals surface area contributed by atoms with Gasteiger partial charge in [-0.3, -0.25) is 0 Å². The van der Waals surface area contributed by atoms with Crippen molar-refractivity contribution in [3.05, 3.63) is 0 Å². The molecule has 4 heteroatoms. The molecule has 0 heterocycles. The molecule has 4 N–H and O–H groups in total. The van der Waals surface area contributed by atoms with E-state index in [0.29, 0.717) is 11.3 Å². The first-order valence-corrected chi connectivity index (χ1v) is 5.82. The number of hydrogen-bond donors (Lipinski definition) is 3. The molecule has 2 aliphatic rings. The molecule has 86 valence electrons. The van der Waals surface area contributed by atoms with Gasteiger partial charge >= 0.3 is 0 Å². The number of hydrogen-bond acceptors (Lipinski definition) is 3. The molecule has 2 saturated carbocycles. The zero-order valence-corrected chi connectivity index (χ0v) is 9.37. The molecule has 2 rings (SSSR count). The number of nitrogens with two attached hydrogens (primary N) is 1. The summed E-state index contributed by atoms with van der Waals surface area (Å²) in [7, 11) is 0. The molecular weight excluding hydrogens is 190 g/mol. The average Bonchev–Trinajstić information content (AvgIpc) is 3.09. The lowest BCUT2D eigenvalue weighted by Crippen LogP contribution is -2.29. The quantitative estimate of drug-likeness (QED) is 0.267. The van der Waals surface area contributed by atoms with Crippen LogP contribution in [0.3, 0.4) is 0 Å². The predicted molar refractivity (Wildman–Crippen MR) is 59.8 cm³/mol. The van der Waals surface area contributed by atoms with Gasteiger partial charge < -0.3 is 16.3 Å². The molecule has 0 bridgehead atoms. The molecule has 0 spiro atoms. The van der Waals surface area contributed by atoms with Crippen molar-refractivity contribution in [3.63, 3.8) is 0 Å². The standard InChI is InChI=1S/C11H21N3O/c1-8-4-9(8)6-13-7-11(2-3-11)5-10(12)14-15/h8-9,13,15H,2-7H2,1H3,(H2,12,14). The molecular formula is C11H21N3O. The molecule has 4 nitrogen and oxygen atoms in total. The van der Waals surface area contributed by atoms with Crippen LogP contribution in [0.5, 0.6) is 0 Å². The van der Waals surface area contributed by atoms with Crippen LogP contribution < -0.4 is 11.1 Å². The van der Waals surface area contributed by atoms with Gasteiger partial charge in [0.2, 0.25) is 0 Å². The molecule has 0 aromatic heterocycles. The van der Waals surface area contributed by atoms with Gasteiger partial charge in [-0.1, -0.05) is 12.1 Å². The Hall–Kier alpha value is -0.770. The third kappa shape index (κ3) is 2.84. The van der Waals surface area contributed by atoms with Crippen molar-refractivity contribution in [2.24, 2.45) is 28.1 Å². The monoisotopic (exact) mass is 211 g/mol. The van der Waals surface area contributed by atoms with Crippen molar-refractivity contribution in [3.8, 4) is 0 Å². The number of nitrogens with zero attached hydrogens (tertiary/aromatic N) is 1. The number of amidine groups is 1. The maximum Gasteiger partial charge on any atom is 0.139 e. The third-order valence-corrected chi connectivity index (χ3v) is 3.82. The van der Waals surface area contributed by atoms with Crippen LogP contribution in [0.25, 0.3) is 0 Å². The number of oxime groups is 1. The van der Waals surface area contributed by atoms with Gasteiger partial charge in [0.15, 0.2) is 0 Å². The van der Waals surface area contributed by atoms with Crippen molar-refractivity contribution < 1.29 is 5.21 Å². The Morgan fingerprint density at radius 2 is 2.27 bits per heavy atom. The van der Waals surface area contributed by atoms with Gasteiger partial charge in [-0.15, -0.1) is 0 Å². The van der Waals surface area contributed by atoms with E-state index in [1.807, 2.05) is 0 Å². The highest BCUT2D eigenvalue weighted by Gasteiger charge is 2.43.